The van der Waals surface area contributed by atoms with Crippen LogP contribution in [0.5, 0.6) is 0 Å². The van der Waals surface area contributed by atoms with Gasteiger partial charge in [0, 0.05) is 49.1 Å². The number of nitrogens with one attached hydrogen (secondary N) is 2. The standard InChI is InChI=1S/C21H25ClN4.C4H6O4.CH4O/c1-3-4-16-13-26(10-9-23-16)21-17-11-14(2)5-7-18(17)24-19-8-6-15(22)12-20(19)25-21;5-3(6)1-2-4(7)8;1-2/h5-8,11-12,16,23-24H,3-4,9-10,13H2,1-2H3;1-2H2,(H,5,6)(H,7,8);2H,1H3/t16-;;/m0../s1. The van der Waals surface area contributed by atoms with Gasteiger partial charge in [-0.2, -0.15) is 0 Å². The predicted molar refractivity (Wildman–Crippen MR) is 143 cm³/mol. The fourth-order valence-corrected chi connectivity index (χ4v) is 4.16. The van der Waals surface area contributed by atoms with Gasteiger partial charge in [-0.05, 0) is 43.7 Å². The Hall–Kier alpha value is -3.14. The van der Waals surface area contributed by atoms with Gasteiger partial charge in [0.25, 0.3) is 0 Å². The van der Waals surface area contributed by atoms with E-state index >= 15 is 0 Å². The number of carbonyl (C=O) groups is 2. The number of aliphatic hydroxyl groups excluding tert-OH is 1. The second-order valence-corrected chi connectivity index (χ2v) is 8.88. The number of carboxylic acids is 2. The van der Waals surface area contributed by atoms with Crippen LogP contribution in [-0.4, -0.2) is 70.8 Å². The molecule has 0 amide bonds. The first-order valence-electron chi connectivity index (χ1n) is 11.9. The van der Waals surface area contributed by atoms with E-state index in [1.54, 1.807) is 0 Å². The molecule has 1 atom stereocenters. The number of fused-ring (bicyclic) bond motifs is 2. The van der Waals surface area contributed by atoms with E-state index in [1.807, 2.05) is 18.2 Å². The number of amidine groups is 1. The van der Waals surface area contributed by atoms with Crippen molar-refractivity contribution in [2.45, 2.75) is 45.6 Å². The third kappa shape index (κ3) is 8.51. The Morgan fingerprint density at radius 1 is 1.08 bits per heavy atom. The summed E-state index contributed by atoms with van der Waals surface area (Å²) in [7, 11) is 1.00. The average molecular weight is 519 g/mol. The SMILES string of the molecule is CCC[C@H]1CN(C2=Nc3cc(Cl)ccc3Nc3ccc(C)cc32)CCN1.CO.O=C(O)CCC(=O)O. The number of hydrogen-bond acceptors (Lipinski definition) is 7. The van der Waals surface area contributed by atoms with Crippen molar-refractivity contribution in [1.82, 2.24) is 10.2 Å². The fourth-order valence-electron chi connectivity index (χ4n) is 3.99. The second kappa shape index (κ2) is 14.4. The highest BCUT2D eigenvalue weighted by Gasteiger charge is 2.26. The molecule has 0 spiro atoms. The van der Waals surface area contributed by atoms with Crippen LogP contribution in [0.15, 0.2) is 41.4 Å². The number of carboxylic acid groups (broad SMARTS) is 2. The number of benzene rings is 2. The summed E-state index contributed by atoms with van der Waals surface area (Å²) in [5.41, 5.74) is 5.39. The number of aliphatic carboxylic acids is 2. The van der Waals surface area contributed by atoms with Crippen LogP contribution in [0.1, 0.15) is 43.7 Å². The molecular weight excluding hydrogens is 484 g/mol. The van der Waals surface area contributed by atoms with Crippen molar-refractivity contribution >= 4 is 46.4 Å². The van der Waals surface area contributed by atoms with Gasteiger partial charge >= 0.3 is 11.9 Å². The van der Waals surface area contributed by atoms with Gasteiger partial charge in [0.05, 0.1) is 24.2 Å². The molecule has 10 heteroatoms. The van der Waals surface area contributed by atoms with Crippen molar-refractivity contribution in [2.75, 3.05) is 32.1 Å². The lowest BCUT2D eigenvalue weighted by atomic mass is 10.0. The molecule has 2 aliphatic rings. The van der Waals surface area contributed by atoms with Crippen LogP contribution in [0.2, 0.25) is 5.02 Å². The molecule has 5 N–H and O–H groups in total. The first-order chi connectivity index (χ1) is 17.3. The fraction of sp³-hybridized carbons (Fsp3) is 0.423. The number of aliphatic imine (C=N–C) groups is 1. The molecule has 2 heterocycles. The van der Waals surface area contributed by atoms with Crippen molar-refractivity contribution < 1.29 is 24.9 Å². The quantitative estimate of drug-likeness (QED) is 0.393. The summed E-state index contributed by atoms with van der Waals surface area (Å²) in [6, 6.07) is 12.9. The predicted octanol–water partition coefficient (Wildman–Crippen LogP) is 4.40. The largest absolute Gasteiger partial charge is 0.481 e. The highest BCUT2D eigenvalue weighted by Crippen LogP contribution is 2.37. The molecule has 9 nitrogen and oxygen atoms in total. The van der Waals surface area contributed by atoms with Crippen molar-refractivity contribution in [1.29, 1.82) is 0 Å². The van der Waals surface area contributed by atoms with Gasteiger partial charge in [0.15, 0.2) is 0 Å². The number of nitrogens with zero attached hydrogens (tertiary/aromatic N) is 2. The topological polar surface area (TPSA) is 134 Å². The molecule has 1 saturated heterocycles. The number of piperazine rings is 1. The molecule has 0 unspecified atom stereocenters. The maximum atomic E-state index is 9.64. The van der Waals surface area contributed by atoms with Gasteiger partial charge in [-0.25, -0.2) is 4.99 Å². The van der Waals surface area contributed by atoms with Crippen LogP contribution in [0.25, 0.3) is 0 Å². The van der Waals surface area contributed by atoms with E-state index < -0.39 is 11.9 Å². The summed E-state index contributed by atoms with van der Waals surface area (Å²) in [5, 5.41) is 30.7. The normalized spacial score (nSPS) is 15.9. The number of rotatable bonds is 5. The van der Waals surface area contributed by atoms with E-state index in [0.29, 0.717) is 11.1 Å². The van der Waals surface area contributed by atoms with E-state index in [0.717, 1.165) is 55.2 Å². The molecule has 36 heavy (non-hydrogen) atoms. The molecule has 0 saturated carbocycles. The Bertz CT molecular complexity index is 1060. The minimum absolute atomic E-state index is 0.296. The minimum atomic E-state index is -1.08. The number of aliphatic hydroxyl groups is 1. The van der Waals surface area contributed by atoms with Crippen LogP contribution in [0, 0.1) is 6.92 Å². The lowest BCUT2D eigenvalue weighted by Crippen LogP contribution is -2.52. The maximum Gasteiger partial charge on any atom is 0.303 e. The van der Waals surface area contributed by atoms with Crippen molar-refractivity contribution in [3.8, 4) is 0 Å². The summed E-state index contributed by atoms with van der Waals surface area (Å²) < 4.78 is 0. The highest BCUT2D eigenvalue weighted by molar-refractivity contribution is 6.31. The Kier molecular flexibility index (Phi) is 11.7. The maximum absolute atomic E-state index is 9.64. The second-order valence-electron chi connectivity index (χ2n) is 8.44. The van der Waals surface area contributed by atoms with Crippen molar-refractivity contribution in [2.24, 2.45) is 4.99 Å². The molecule has 0 aromatic heterocycles. The highest BCUT2D eigenvalue weighted by atomic mass is 35.5. The summed E-state index contributed by atoms with van der Waals surface area (Å²) >= 11 is 6.24. The number of halogens is 1. The van der Waals surface area contributed by atoms with Crippen LogP contribution in [0.3, 0.4) is 0 Å². The summed E-state index contributed by atoms with van der Waals surface area (Å²) in [6.07, 6.45) is 1.78. The van der Waals surface area contributed by atoms with Crippen molar-refractivity contribution in [3.63, 3.8) is 0 Å². The summed E-state index contributed by atoms with van der Waals surface area (Å²) in [6.45, 7) is 7.30. The van der Waals surface area contributed by atoms with E-state index in [9.17, 15) is 9.59 Å². The third-order valence-electron chi connectivity index (χ3n) is 5.62. The monoisotopic (exact) mass is 518 g/mol. The van der Waals surface area contributed by atoms with Gasteiger partial charge in [-0.1, -0.05) is 36.6 Å². The van der Waals surface area contributed by atoms with E-state index in [-0.39, 0.29) is 12.8 Å². The smallest absolute Gasteiger partial charge is 0.303 e. The summed E-state index contributed by atoms with van der Waals surface area (Å²) in [4.78, 5) is 26.8. The molecule has 2 aromatic carbocycles. The Morgan fingerprint density at radius 3 is 2.39 bits per heavy atom. The summed E-state index contributed by atoms with van der Waals surface area (Å²) in [5.74, 6) is -1.11. The lowest BCUT2D eigenvalue weighted by molar-refractivity contribution is -0.143. The number of anilines is 2. The van der Waals surface area contributed by atoms with Gasteiger partial charge < -0.3 is 30.9 Å². The van der Waals surface area contributed by atoms with Gasteiger partial charge in [-0.15, -0.1) is 0 Å². The van der Waals surface area contributed by atoms with Gasteiger partial charge in [0.2, 0.25) is 0 Å². The third-order valence-corrected chi connectivity index (χ3v) is 5.85. The van der Waals surface area contributed by atoms with Crippen molar-refractivity contribution in [3.05, 3.63) is 52.5 Å². The van der Waals surface area contributed by atoms with E-state index in [2.05, 4.69) is 47.6 Å². The number of hydrogen-bond donors (Lipinski definition) is 5. The molecular formula is C26H35ClN4O5. The average Bonchev–Trinajstić information content (AvgIpc) is 3.01. The zero-order valence-corrected chi connectivity index (χ0v) is 21.7. The molecule has 0 aliphatic carbocycles. The first kappa shape index (κ1) is 29.1. The van der Waals surface area contributed by atoms with Crippen LogP contribution >= 0.6 is 11.6 Å². The molecule has 0 radical (unpaired) electrons. The van der Waals surface area contributed by atoms with Crippen LogP contribution in [-0.2, 0) is 9.59 Å². The van der Waals surface area contributed by atoms with Gasteiger partial charge in [-0.3, -0.25) is 9.59 Å². The molecule has 196 valence electrons. The van der Waals surface area contributed by atoms with Gasteiger partial charge in [0.1, 0.15) is 5.84 Å². The number of aryl methyl sites for hydroxylation is 1. The van der Waals surface area contributed by atoms with E-state index in [4.69, 9.17) is 31.9 Å². The molecule has 4 rings (SSSR count). The molecule has 2 aliphatic heterocycles. The van der Waals surface area contributed by atoms with Crippen LogP contribution in [0.4, 0.5) is 17.1 Å². The molecule has 0 bridgehead atoms. The minimum Gasteiger partial charge on any atom is -0.481 e. The Morgan fingerprint density at radius 2 is 1.75 bits per heavy atom. The molecule has 2 aromatic rings. The Labute approximate surface area is 216 Å². The lowest BCUT2D eigenvalue weighted by Gasteiger charge is -2.36. The zero-order valence-electron chi connectivity index (χ0n) is 20.9. The first-order valence-corrected chi connectivity index (χ1v) is 12.3. The van der Waals surface area contributed by atoms with Crippen LogP contribution < -0.4 is 10.6 Å². The molecule has 1 fully saturated rings. The Balaban J connectivity index is 0.000000392. The van der Waals surface area contributed by atoms with E-state index in [1.165, 1.54) is 18.4 Å². The zero-order chi connectivity index (χ0) is 26.7.